The Morgan fingerprint density at radius 3 is 3.04 bits per heavy atom. The van der Waals surface area contributed by atoms with E-state index >= 15 is 0 Å². The van der Waals surface area contributed by atoms with Gasteiger partial charge in [0.25, 0.3) is 0 Å². The summed E-state index contributed by atoms with van der Waals surface area (Å²) in [5, 5.41) is 7.90. The number of aryl methyl sites for hydroxylation is 2. The van der Waals surface area contributed by atoms with Gasteiger partial charge >= 0.3 is 0 Å². The maximum Gasteiger partial charge on any atom is 0.248 e. The highest BCUT2D eigenvalue weighted by molar-refractivity contribution is 5.87. The van der Waals surface area contributed by atoms with Crippen LogP contribution in [0.25, 0.3) is 0 Å². The molecular formula is C18H27N5O3. The summed E-state index contributed by atoms with van der Waals surface area (Å²) in [6.45, 7) is 6.79. The highest BCUT2D eigenvalue weighted by atomic mass is 16.5. The number of carbonyl (C=O) groups is 2. The van der Waals surface area contributed by atoms with Crippen molar-refractivity contribution in [2.45, 2.75) is 26.4 Å². The second-order valence-corrected chi connectivity index (χ2v) is 7.77. The van der Waals surface area contributed by atoms with Crippen molar-refractivity contribution in [3.8, 4) is 0 Å². The number of hydrogen-bond donors (Lipinski definition) is 1. The Labute approximate surface area is 153 Å². The van der Waals surface area contributed by atoms with Crippen LogP contribution in [0.2, 0.25) is 0 Å². The number of rotatable bonds is 3. The third kappa shape index (κ3) is 2.81. The molecule has 0 unspecified atom stereocenters. The van der Waals surface area contributed by atoms with Crippen molar-refractivity contribution in [3.05, 3.63) is 17.5 Å². The fraction of sp³-hybridized carbons (Fsp3) is 0.722. The lowest BCUT2D eigenvalue weighted by molar-refractivity contribution is -0.143. The molecule has 2 saturated heterocycles. The number of methoxy groups -OCH3 is 1. The zero-order chi connectivity index (χ0) is 18.3. The number of fused-ring (bicyclic) bond motifs is 2. The van der Waals surface area contributed by atoms with E-state index in [4.69, 9.17) is 4.74 Å². The zero-order valence-electron chi connectivity index (χ0n) is 15.5. The third-order valence-corrected chi connectivity index (χ3v) is 6.00. The van der Waals surface area contributed by atoms with Gasteiger partial charge in [-0.2, -0.15) is 5.10 Å². The SMILES string of the molecule is COCC(=O)N1C[C@H]2CNC[C@@]2(C(=O)N2CCCn3nc(C)cc3C2)C1. The third-order valence-electron chi connectivity index (χ3n) is 6.00. The van der Waals surface area contributed by atoms with Crippen molar-refractivity contribution < 1.29 is 14.3 Å². The number of likely N-dealkylation sites (tertiary alicyclic amines) is 1. The van der Waals surface area contributed by atoms with Gasteiger partial charge in [0.1, 0.15) is 6.61 Å². The van der Waals surface area contributed by atoms with Gasteiger partial charge in [-0.15, -0.1) is 0 Å². The second-order valence-electron chi connectivity index (χ2n) is 7.77. The van der Waals surface area contributed by atoms with Crippen molar-refractivity contribution in [2.24, 2.45) is 11.3 Å². The van der Waals surface area contributed by atoms with Crippen molar-refractivity contribution in [1.82, 2.24) is 24.9 Å². The van der Waals surface area contributed by atoms with Crippen LogP contribution in [0.5, 0.6) is 0 Å². The fourth-order valence-corrected chi connectivity index (χ4v) is 4.72. The van der Waals surface area contributed by atoms with E-state index in [1.165, 1.54) is 7.11 Å². The minimum Gasteiger partial charge on any atom is -0.375 e. The standard InChI is InChI=1S/C18H27N5O3/c1-13-6-15-9-21(4-3-5-23(15)20-13)17(25)18-11-19-7-14(18)8-22(12-18)16(24)10-26-2/h6,14,19H,3-5,7-12H2,1-2H3/t14-,18-/m1/s1. The molecule has 0 spiro atoms. The molecule has 0 saturated carbocycles. The van der Waals surface area contributed by atoms with E-state index in [1.807, 2.05) is 16.5 Å². The Balaban J connectivity index is 1.55. The summed E-state index contributed by atoms with van der Waals surface area (Å²) in [6, 6.07) is 2.07. The summed E-state index contributed by atoms with van der Waals surface area (Å²) in [7, 11) is 1.53. The molecule has 0 radical (unpaired) electrons. The van der Waals surface area contributed by atoms with Gasteiger partial charge < -0.3 is 19.9 Å². The Bertz CT molecular complexity index is 718. The molecule has 2 atom stereocenters. The van der Waals surface area contributed by atoms with Crippen LogP contribution in [0.4, 0.5) is 0 Å². The smallest absolute Gasteiger partial charge is 0.248 e. The number of ether oxygens (including phenoxy) is 1. The predicted octanol–water partition coefficient (Wildman–Crippen LogP) is -0.382. The second kappa shape index (κ2) is 6.66. The van der Waals surface area contributed by atoms with Crippen LogP contribution in [0.3, 0.4) is 0 Å². The summed E-state index contributed by atoms with van der Waals surface area (Å²) in [5.74, 6) is 0.317. The Kier molecular flexibility index (Phi) is 4.48. The molecule has 4 rings (SSSR count). The van der Waals surface area contributed by atoms with E-state index in [9.17, 15) is 9.59 Å². The number of nitrogens with one attached hydrogen (secondary N) is 1. The first-order valence-corrected chi connectivity index (χ1v) is 9.33. The summed E-state index contributed by atoms with van der Waals surface area (Å²) in [6.07, 6.45) is 0.903. The number of nitrogens with zero attached hydrogens (tertiary/aromatic N) is 4. The van der Waals surface area contributed by atoms with Gasteiger partial charge in [0.2, 0.25) is 11.8 Å². The molecule has 0 aromatic carbocycles. The van der Waals surface area contributed by atoms with Crippen LogP contribution in [-0.4, -0.2) is 77.8 Å². The number of carbonyl (C=O) groups excluding carboxylic acids is 2. The summed E-state index contributed by atoms with van der Waals surface area (Å²) in [4.78, 5) is 29.7. The fourth-order valence-electron chi connectivity index (χ4n) is 4.72. The number of hydrogen-bond acceptors (Lipinski definition) is 5. The molecular weight excluding hydrogens is 334 g/mol. The largest absolute Gasteiger partial charge is 0.375 e. The summed E-state index contributed by atoms with van der Waals surface area (Å²) in [5.41, 5.74) is 1.58. The van der Waals surface area contributed by atoms with Gasteiger partial charge in [0.05, 0.1) is 23.3 Å². The maximum atomic E-state index is 13.6. The Morgan fingerprint density at radius 1 is 1.38 bits per heavy atom. The zero-order valence-corrected chi connectivity index (χ0v) is 15.5. The molecule has 0 bridgehead atoms. The average Bonchev–Trinajstić information content (AvgIpc) is 3.22. The first kappa shape index (κ1) is 17.5. The van der Waals surface area contributed by atoms with Crippen LogP contribution in [0.15, 0.2) is 6.07 Å². The molecule has 0 aliphatic carbocycles. The lowest BCUT2D eigenvalue weighted by Crippen LogP contribution is -2.49. The maximum absolute atomic E-state index is 13.6. The molecule has 142 valence electrons. The van der Waals surface area contributed by atoms with Gasteiger partial charge in [-0.1, -0.05) is 0 Å². The molecule has 2 fully saturated rings. The Morgan fingerprint density at radius 2 is 2.23 bits per heavy atom. The van der Waals surface area contributed by atoms with E-state index in [1.54, 1.807) is 4.90 Å². The van der Waals surface area contributed by atoms with Crippen molar-refractivity contribution in [3.63, 3.8) is 0 Å². The normalized spacial score (nSPS) is 28.0. The van der Waals surface area contributed by atoms with Crippen LogP contribution < -0.4 is 5.32 Å². The lowest BCUT2D eigenvalue weighted by atomic mass is 9.79. The minimum absolute atomic E-state index is 0.0290. The van der Waals surface area contributed by atoms with Crippen molar-refractivity contribution >= 4 is 11.8 Å². The molecule has 4 heterocycles. The van der Waals surface area contributed by atoms with Crippen molar-refractivity contribution in [2.75, 3.05) is 46.4 Å². The van der Waals surface area contributed by atoms with E-state index in [0.717, 1.165) is 37.4 Å². The molecule has 1 N–H and O–H groups in total. The quantitative estimate of drug-likeness (QED) is 0.794. The lowest BCUT2D eigenvalue weighted by Gasteiger charge is -2.33. The van der Waals surface area contributed by atoms with E-state index in [0.29, 0.717) is 26.2 Å². The molecule has 2 amide bonds. The van der Waals surface area contributed by atoms with E-state index in [2.05, 4.69) is 16.5 Å². The minimum atomic E-state index is -0.506. The van der Waals surface area contributed by atoms with Crippen LogP contribution in [0, 0.1) is 18.3 Å². The predicted molar refractivity (Wildman–Crippen MR) is 94.2 cm³/mol. The molecule has 1 aromatic heterocycles. The first-order chi connectivity index (χ1) is 12.5. The van der Waals surface area contributed by atoms with Crippen LogP contribution in [0.1, 0.15) is 17.8 Å². The molecule has 8 heteroatoms. The number of aromatic nitrogens is 2. The Hall–Kier alpha value is -1.93. The monoisotopic (exact) mass is 361 g/mol. The topological polar surface area (TPSA) is 79.7 Å². The van der Waals surface area contributed by atoms with E-state index < -0.39 is 5.41 Å². The van der Waals surface area contributed by atoms with Gasteiger partial charge in [0, 0.05) is 52.3 Å². The summed E-state index contributed by atoms with van der Waals surface area (Å²) >= 11 is 0. The molecule has 3 aliphatic rings. The first-order valence-electron chi connectivity index (χ1n) is 9.33. The van der Waals surface area contributed by atoms with Gasteiger partial charge in [-0.05, 0) is 19.4 Å². The highest BCUT2D eigenvalue weighted by Gasteiger charge is 2.56. The molecule has 8 nitrogen and oxygen atoms in total. The van der Waals surface area contributed by atoms with Gasteiger partial charge in [0.15, 0.2) is 0 Å². The van der Waals surface area contributed by atoms with Gasteiger partial charge in [-0.3, -0.25) is 14.3 Å². The molecule has 26 heavy (non-hydrogen) atoms. The summed E-state index contributed by atoms with van der Waals surface area (Å²) < 4.78 is 7.02. The van der Waals surface area contributed by atoms with Crippen LogP contribution in [-0.2, 0) is 27.4 Å². The highest BCUT2D eigenvalue weighted by Crippen LogP contribution is 2.41. The van der Waals surface area contributed by atoms with E-state index in [-0.39, 0.29) is 24.3 Å². The number of amides is 2. The van der Waals surface area contributed by atoms with Gasteiger partial charge in [-0.25, -0.2) is 0 Å². The average molecular weight is 361 g/mol. The van der Waals surface area contributed by atoms with Crippen LogP contribution >= 0.6 is 0 Å². The molecule has 1 aromatic rings. The van der Waals surface area contributed by atoms with Crippen molar-refractivity contribution in [1.29, 1.82) is 0 Å². The molecule has 3 aliphatic heterocycles.